The van der Waals surface area contributed by atoms with Crippen LogP contribution in [0.25, 0.3) is 6.08 Å². The summed E-state index contributed by atoms with van der Waals surface area (Å²) in [7, 11) is 3.33. The molecule has 0 bridgehead atoms. The first-order chi connectivity index (χ1) is 11.1. The number of ether oxygens (including phenoxy) is 1. The van der Waals surface area contributed by atoms with E-state index in [1.807, 2.05) is 43.3 Å². The molecule has 1 aromatic carbocycles. The van der Waals surface area contributed by atoms with Gasteiger partial charge in [-0.05, 0) is 55.1 Å². The third kappa shape index (κ3) is 3.32. The first-order valence-electron chi connectivity index (χ1n) is 7.03. The molecule has 5 nitrogen and oxygen atoms in total. The van der Waals surface area contributed by atoms with Crippen molar-refractivity contribution in [1.82, 2.24) is 4.90 Å². The molecule has 0 radical (unpaired) electrons. The van der Waals surface area contributed by atoms with Gasteiger partial charge in [-0.1, -0.05) is 0 Å². The number of hydrogen-bond donors (Lipinski definition) is 0. The van der Waals surface area contributed by atoms with Crippen molar-refractivity contribution < 1.29 is 13.9 Å². The molecule has 0 N–H and O–H groups in total. The summed E-state index contributed by atoms with van der Waals surface area (Å²) in [5.41, 5.74) is 0.767. The minimum Gasteiger partial charge on any atom is -0.497 e. The minimum atomic E-state index is -0.0867. The predicted molar refractivity (Wildman–Crippen MR) is 91.9 cm³/mol. The lowest BCUT2D eigenvalue weighted by Crippen LogP contribution is -2.23. The van der Waals surface area contributed by atoms with E-state index in [0.717, 1.165) is 17.2 Å². The van der Waals surface area contributed by atoms with Crippen LogP contribution in [0.3, 0.4) is 0 Å². The molecule has 2 heterocycles. The molecule has 0 unspecified atom stereocenters. The van der Waals surface area contributed by atoms with Crippen LogP contribution < -0.4 is 4.74 Å². The maximum absolute atomic E-state index is 12.3. The Kier molecular flexibility index (Phi) is 4.25. The fraction of sp³-hybridized carbons (Fsp3) is 0.176. The lowest BCUT2D eigenvalue weighted by atomic mass is 10.3. The number of likely N-dealkylation sites (N-methyl/N-ethyl adjacent to an activating group) is 1. The molecule has 6 heteroatoms. The van der Waals surface area contributed by atoms with Crippen molar-refractivity contribution in [1.29, 1.82) is 0 Å². The summed E-state index contributed by atoms with van der Waals surface area (Å²) < 4.78 is 10.6. The summed E-state index contributed by atoms with van der Waals surface area (Å²) in [6.45, 7) is 1.87. The summed E-state index contributed by atoms with van der Waals surface area (Å²) in [5.74, 6) is 2.16. The average Bonchev–Trinajstić information content (AvgIpc) is 3.07. The van der Waals surface area contributed by atoms with Gasteiger partial charge in [0.15, 0.2) is 5.17 Å². The van der Waals surface area contributed by atoms with Gasteiger partial charge in [-0.2, -0.15) is 0 Å². The van der Waals surface area contributed by atoms with E-state index in [-0.39, 0.29) is 5.91 Å². The third-order valence-corrected chi connectivity index (χ3v) is 4.40. The Balaban J connectivity index is 1.85. The molecule has 1 aliphatic heterocycles. The second-order valence-corrected chi connectivity index (χ2v) is 6.02. The van der Waals surface area contributed by atoms with Gasteiger partial charge in [-0.25, -0.2) is 4.99 Å². The first kappa shape index (κ1) is 15.4. The van der Waals surface area contributed by atoms with E-state index in [9.17, 15) is 4.79 Å². The molecule has 0 saturated carbocycles. The van der Waals surface area contributed by atoms with E-state index in [1.165, 1.54) is 16.7 Å². The monoisotopic (exact) mass is 328 g/mol. The van der Waals surface area contributed by atoms with Gasteiger partial charge in [0, 0.05) is 13.1 Å². The predicted octanol–water partition coefficient (Wildman–Crippen LogP) is 3.83. The van der Waals surface area contributed by atoms with Gasteiger partial charge in [-0.15, -0.1) is 0 Å². The Labute approximate surface area is 138 Å². The largest absolute Gasteiger partial charge is 0.497 e. The molecule has 0 spiro atoms. The van der Waals surface area contributed by atoms with E-state index in [0.29, 0.717) is 15.8 Å². The van der Waals surface area contributed by atoms with E-state index >= 15 is 0 Å². The fourth-order valence-electron chi connectivity index (χ4n) is 2.08. The number of rotatable bonds is 3. The molecule has 1 fully saturated rings. The van der Waals surface area contributed by atoms with Gasteiger partial charge in [0.05, 0.1) is 17.7 Å². The second kappa shape index (κ2) is 6.34. The molecule has 1 aromatic heterocycles. The number of amides is 1. The van der Waals surface area contributed by atoms with E-state index < -0.39 is 0 Å². The van der Waals surface area contributed by atoms with Crippen LogP contribution in [0.15, 0.2) is 50.7 Å². The lowest BCUT2D eigenvalue weighted by Gasteiger charge is -2.07. The zero-order valence-corrected chi connectivity index (χ0v) is 13.9. The second-order valence-electron chi connectivity index (χ2n) is 5.02. The summed E-state index contributed by atoms with van der Waals surface area (Å²) in [5, 5.41) is 0.634. The molecule has 0 aliphatic carbocycles. The lowest BCUT2D eigenvalue weighted by molar-refractivity contribution is -0.121. The Morgan fingerprint density at radius 2 is 1.96 bits per heavy atom. The van der Waals surface area contributed by atoms with Crippen LogP contribution >= 0.6 is 11.8 Å². The number of carbonyl (C=O) groups is 1. The molecular weight excluding hydrogens is 312 g/mol. The van der Waals surface area contributed by atoms with E-state index in [2.05, 4.69) is 4.99 Å². The SMILES string of the molecule is COc1ccc(N=C2S/C(=C\c3ccc(C)o3)C(=O)N2C)cc1. The highest BCUT2D eigenvalue weighted by Gasteiger charge is 2.30. The highest BCUT2D eigenvalue weighted by atomic mass is 32.2. The molecule has 1 saturated heterocycles. The number of methoxy groups -OCH3 is 1. The van der Waals surface area contributed by atoms with Gasteiger partial charge in [0.2, 0.25) is 0 Å². The van der Waals surface area contributed by atoms with Crippen molar-refractivity contribution in [2.45, 2.75) is 6.92 Å². The highest BCUT2D eigenvalue weighted by Crippen LogP contribution is 2.33. The van der Waals surface area contributed by atoms with Crippen molar-refractivity contribution >= 4 is 34.6 Å². The normalized spacial score (nSPS) is 18.2. The van der Waals surface area contributed by atoms with Gasteiger partial charge >= 0.3 is 0 Å². The van der Waals surface area contributed by atoms with Crippen LogP contribution in [-0.4, -0.2) is 30.1 Å². The zero-order chi connectivity index (χ0) is 16.4. The molecule has 23 heavy (non-hydrogen) atoms. The topological polar surface area (TPSA) is 55.0 Å². The maximum Gasteiger partial charge on any atom is 0.266 e. The summed E-state index contributed by atoms with van der Waals surface area (Å²) >= 11 is 1.33. The first-order valence-corrected chi connectivity index (χ1v) is 7.85. The van der Waals surface area contributed by atoms with Gasteiger partial charge in [0.25, 0.3) is 5.91 Å². The van der Waals surface area contributed by atoms with Crippen LogP contribution in [0, 0.1) is 6.92 Å². The Bertz CT molecular complexity index is 790. The number of amidine groups is 1. The van der Waals surface area contributed by atoms with E-state index in [4.69, 9.17) is 9.15 Å². The number of furan rings is 1. The molecule has 1 aliphatic rings. The number of carbonyl (C=O) groups excluding carboxylic acids is 1. The van der Waals surface area contributed by atoms with Gasteiger partial charge in [0.1, 0.15) is 17.3 Å². The molecule has 2 aromatic rings. The molecule has 118 valence electrons. The fourth-order valence-corrected chi connectivity index (χ4v) is 3.05. The average molecular weight is 328 g/mol. The highest BCUT2D eigenvalue weighted by molar-refractivity contribution is 8.18. The third-order valence-electron chi connectivity index (χ3n) is 3.34. The van der Waals surface area contributed by atoms with Crippen LogP contribution in [0.1, 0.15) is 11.5 Å². The Morgan fingerprint density at radius 3 is 2.57 bits per heavy atom. The quantitative estimate of drug-likeness (QED) is 0.804. The Morgan fingerprint density at radius 1 is 1.22 bits per heavy atom. The summed E-state index contributed by atoms with van der Waals surface area (Å²) in [6.07, 6.45) is 1.74. The number of benzene rings is 1. The van der Waals surface area contributed by atoms with Crippen LogP contribution in [0.2, 0.25) is 0 Å². The van der Waals surface area contributed by atoms with Gasteiger partial charge < -0.3 is 9.15 Å². The number of aryl methyl sites for hydroxylation is 1. The molecular formula is C17H16N2O3S. The number of hydrogen-bond acceptors (Lipinski definition) is 5. The molecule has 1 amide bonds. The van der Waals surface area contributed by atoms with Gasteiger partial charge in [-0.3, -0.25) is 9.69 Å². The van der Waals surface area contributed by atoms with Crippen molar-refractivity contribution in [2.24, 2.45) is 4.99 Å². The number of thioether (sulfide) groups is 1. The van der Waals surface area contributed by atoms with Crippen molar-refractivity contribution in [3.8, 4) is 5.75 Å². The van der Waals surface area contributed by atoms with Crippen LogP contribution in [-0.2, 0) is 4.79 Å². The zero-order valence-electron chi connectivity index (χ0n) is 13.1. The minimum absolute atomic E-state index is 0.0867. The van der Waals surface area contributed by atoms with Crippen LogP contribution in [0.4, 0.5) is 5.69 Å². The standard InChI is InChI=1S/C17H16N2O3S/c1-11-4-7-14(22-11)10-15-16(20)19(2)17(23-15)18-12-5-8-13(21-3)9-6-12/h4-10H,1-3H3/b15-10-,18-17?. The van der Waals surface area contributed by atoms with E-state index in [1.54, 1.807) is 20.2 Å². The Hall–Kier alpha value is -2.47. The van der Waals surface area contributed by atoms with Crippen LogP contribution in [0.5, 0.6) is 5.75 Å². The molecule has 0 atom stereocenters. The number of nitrogens with zero attached hydrogens (tertiary/aromatic N) is 2. The maximum atomic E-state index is 12.3. The molecule has 3 rings (SSSR count). The van der Waals surface area contributed by atoms with Crippen molar-refractivity contribution in [3.05, 3.63) is 52.8 Å². The summed E-state index contributed by atoms with van der Waals surface area (Å²) in [6, 6.07) is 11.1. The summed E-state index contributed by atoms with van der Waals surface area (Å²) in [4.78, 5) is 19.0. The number of aliphatic imine (C=N–C) groups is 1. The van der Waals surface area contributed by atoms with Crippen molar-refractivity contribution in [3.63, 3.8) is 0 Å². The smallest absolute Gasteiger partial charge is 0.266 e. The van der Waals surface area contributed by atoms with Crippen molar-refractivity contribution in [2.75, 3.05) is 14.2 Å².